The number of hydrogen-bond donors (Lipinski definition) is 1. The van der Waals surface area contributed by atoms with E-state index in [1.165, 1.54) is 52.5 Å². The minimum absolute atomic E-state index is 0.141. The molecule has 0 radical (unpaired) electrons. The van der Waals surface area contributed by atoms with E-state index in [4.69, 9.17) is 9.73 Å². The molecule has 1 N–H and O–H groups in total. The van der Waals surface area contributed by atoms with Crippen LogP contribution in [0.2, 0.25) is 0 Å². The summed E-state index contributed by atoms with van der Waals surface area (Å²) in [4.78, 5) is 6.34. The van der Waals surface area contributed by atoms with Gasteiger partial charge in [0.1, 0.15) is 11.6 Å². The fraction of sp³-hybridized carbons (Fsp3) is 0.140. The van der Waals surface area contributed by atoms with E-state index in [-0.39, 0.29) is 12.1 Å². The fourth-order valence-corrected chi connectivity index (χ4v) is 8.36. The minimum atomic E-state index is 0.141. The molecule has 2 aliphatic heterocycles. The van der Waals surface area contributed by atoms with Crippen LogP contribution in [0.4, 0.5) is 0 Å². The third-order valence-corrected chi connectivity index (χ3v) is 11.7. The molecule has 0 saturated heterocycles. The Morgan fingerprint density at radius 2 is 1.61 bits per heavy atom. The number of rotatable bonds is 4. The number of benzene rings is 3. The van der Waals surface area contributed by atoms with Gasteiger partial charge in [0.05, 0.1) is 18.3 Å². The molecule has 3 aliphatic rings. The molecule has 0 saturated carbocycles. The lowest BCUT2D eigenvalue weighted by atomic mass is 10.1. The summed E-state index contributed by atoms with van der Waals surface area (Å²) in [7, 11) is 2.13. The van der Waals surface area contributed by atoms with Crippen molar-refractivity contribution in [3.05, 3.63) is 203 Å². The maximum Gasteiger partial charge on any atom is 0.133 e. The van der Waals surface area contributed by atoms with Crippen LogP contribution in [-0.4, -0.2) is 28.7 Å². The van der Waals surface area contributed by atoms with Crippen molar-refractivity contribution < 1.29 is 4.74 Å². The van der Waals surface area contributed by atoms with Crippen LogP contribution in [0, 0.1) is 13.8 Å². The Bertz CT molecular complexity index is 2640. The van der Waals surface area contributed by atoms with Gasteiger partial charge in [-0.3, -0.25) is 4.99 Å². The first-order valence-electron chi connectivity index (χ1n) is 18.6. The van der Waals surface area contributed by atoms with Gasteiger partial charge < -0.3 is 14.6 Å². The number of aromatic nitrogens is 1. The Morgan fingerprint density at radius 3 is 2.36 bits per heavy atom. The lowest BCUT2D eigenvalue weighted by molar-refractivity contribution is 0.437. The van der Waals surface area contributed by atoms with Crippen molar-refractivity contribution in [3.63, 3.8) is 0 Å². The predicted molar refractivity (Wildman–Crippen MR) is 247 cm³/mol. The highest BCUT2D eigenvalue weighted by atomic mass is 32.2. The zero-order valence-corrected chi connectivity index (χ0v) is 34.5. The van der Waals surface area contributed by atoms with Crippen LogP contribution in [0.1, 0.15) is 29.3 Å². The van der Waals surface area contributed by atoms with Crippen LogP contribution in [0.15, 0.2) is 181 Å². The number of thiophene rings is 1. The van der Waals surface area contributed by atoms with Gasteiger partial charge in [-0.05, 0) is 98.4 Å². The Kier molecular flexibility index (Phi) is 13.3. The molecule has 0 bridgehead atoms. The van der Waals surface area contributed by atoms with Crippen molar-refractivity contribution in [3.8, 4) is 0 Å². The standard InChI is InChI=1S/C39H33N3OS.C8H10S.C3H6/c1-25-12-9-10-21-43-36(17-11-13-26(25)2)28-19-20-35-31(22-28)30(27(3)42(35)4)23-38-32(29-14-5-8-18-37(29)44-38)24-39-40-33-15-6-7-16-34(33)41-39;1-7-5-3-4-6-8(7)9-2;1-3-2/h5-24,33-34H,1-2H2,3-4H3,(H,40,41);3-6H,1-2H3;3H,1H2,2H3/b12-9-,13-11-,21-10-,32-24?,36-17-,38-23+;;. The molecule has 0 fully saturated rings. The number of ether oxygens (including phenoxy) is 1. The molecular formula is C50H49N3OS2. The monoisotopic (exact) mass is 771 g/mol. The van der Waals surface area contributed by atoms with Crippen LogP contribution >= 0.6 is 23.1 Å². The number of nitrogens with zero attached hydrogens (tertiary/aromatic N) is 2. The first kappa shape index (κ1) is 39.9. The topological polar surface area (TPSA) is 38.5 Å². The van der Waals surface area contributed by atoms with Gasteiger partial charge in [0.15, 0.2) is 0 Å². The van der Waals surface area contributed by atoms with Gasteiger partial charge in [-0.1, -0.05) is 104 Å². The second-order valence-corrected chi connectivity index (χ2v) is 15.5. The smallest absolute Gasteiger partial charge is 0.133 e. The second-order valence-electron chi connectivity index (χ2n) is 13.5. The molecule has 0 spiro atoms. The van der Waals surface area contributed by atoms with Crippen LogP contribution < -0.4 is 15.1 Å². The minimum Gasteiger partial charge on any atom is -0.464 e. The molecule has 56 heavy (non-hydrogen) atoms. The molecule has 2 atom stereocenters. The van der Waals surface area contributed by atoms with E-state index in [0.717, 1.165) is 28.3 Å². The maximum atomic E-state index is 6.12. The van der Waals surface area contributed by atoms with E-state index in [2.05, 4.69) is 160 Å². The Morgan fingerprint density at radius 1 is 0.875 bits per heavy atom. The van der Waals surface area contributed by atoms with E-state index >= 15 is 0 Å². The average Bonchev–Trinajstić information content (AvgIpc) is 3.85. The van der Waals surface area contributed by atoms with Gasteiger partial charge in [0.25, 0.3) is 0 Å². The van der Waals surface area contributed by atoms with Crippen LogP contribution in [0.3, 0.4) is 0 Å². The highest BCUT2D eigenvalue weighted by molar-refractivity contribution is 7.98. The number of hydrogen-bond acceptors (Lipinski definition) is 5. The SMILES string of the molecule is C=C1/C=C\C=C/O/C(c2ccc3c(c2)c(/C=c2/sc4ccccc4c2=CC2=NC4C=CC=CC4N2)c(C)n3C)=C\C=C/C1=C.C=CC.CSc1ccccc1C. The number of aryl methyl sites for hydroxylation is 2. The first-order chi connectivity index (χ1) is 27.2. The van der Waals surface area contributed by atoms with Gasteiger partial charge in [-0.15, -0.1) is 29.7 Å². The largest absolute Gasteiger partial charge is 0.464 e. The third kappa shape index (κ3) is 9.16. The summed E-state index contributed by atoms with van der Waals surface area (Å²) in [6.07, 6.45) is 30.2. The summed E-state index contributed by atoms with van der Waals surface area (Å²) >= 11 is 3.61. The molecular weight excluding hydrogens is 723 g/mol. The van der Waals surface area contributed by atoms with Crippen molar-refractivity contribution in [2.24, 2.45) is 12.0 Å². The van der Waals surface area contributed by atoms with E-state index in [9.17, 15) is 0 Å². The summed E-state index contributed by atoms with van der Waals surface area (Å²) in [6, 6.07) is 23.9. The number of nitrogens with one attached hydrogen (secondary N) is 1. The number of fused-ring (bicyclic) bond motifs is 3. The molecule has 2 unspecified atom stereocenters. The molecule has 0 amide bonds. The zero-order valence-electron chi connectivity index (χ0n) is 32.8. The van der Waals surface area contributed by atoms with Crippen molar-refractivity contribution in [2.75, 3.05) is 6.26 Å². The number of thioether (sulfide) groups is 1. The average molecular weight is 772 g/mol. The lowest BCUT2D eigenvalue weighted by Crippen LogP contribution is -2.33. The van der Waals surface area contributed by atoms with E-state index < -0.39 is 0 Å². The van der Waals surface area contributed by atoms with Crippen LogP contribution in [0.5, 0.6) is 0 Å². The molecule has 4 nitrogen and oxygen atoms in total. The number of allylic oxidation sites excluding steroid dienone is 11. The second kappa shape index (κ2) is 18.7. The normalized spacial score (nSPS) is 20.6. The number of amidine groups is 1. The summed E-state index contributed by atoms with van der Waals surface area (Å²) in [5.74, 6) is 1.68. The first-order valence-corrected chi connectivity index (χ1v) is 20.7. The van der Waals surface area contributed by atoms with Gasteiger partial charge in [0.2, 0.25) is 0 Å². The van der Waals surface area contributed by atoms with Gasteiger partial charge >= 0.3 is 0 Å². The Balaban J connectivity index is 0.000000383. The van der Waals surface area contributed by atoms with Crippen molar-refractivity contribution in [1.29, 1.82) is 0 Å². The third-order valence-electron chi connectivity index (χ3n) is 9.71. The quantitative estimate of drug-likeness (QED) is 0.146. The van der Waals surface area contributed by atoms with Crippen molar-refractivity contribution in [2.45, 2.75) is 37.8 Å². The highest BCUT2D eigenvalue weighted by Gasteiger charge is 2.24. The molecule has 1 aliphatic carbocycles. The fourth-order valence-electron chi connectivity index (χ4n) is 6.63. The highest BCUT2D eigenvalue weighted by Crippen LogP contribution is 2.30. The van der Waals surface area contributed by atoms with E-state index in [0.29, 0.717) is 0 Å². The van der Waals surface area contributed by atoms with Gasteiger partial charge in [-0.25, -0.2) is 0 Å². The zero-order chi connectivity index (χ0) is 39.6. The Labute approximate surface area is 339 Å². The molecule has 8 rings (SSSR count). The number of aliphatic imine (C=N–C) groups is 1. The van der Waals surface area contributed by atoms with Crippen molar-refractivity contribution in [1.82, 2.24) is 9.88 Å². The molecule has 6 heteroatoms. The van der Waals surface area contributed by atoms with Crippen LogP contribution in [0.25, 0.3) is 38.9 Å². The van der Waals surface area contributed by atoms with E-state index in [1.54, 1.807) is 24.1 Å². The lowest BCUT2D eigenvalue weighted by Gasteiger charge is -2.13. The summed E-state index contributed by atoms with van der Waals surface area (Å²) < 4.78 is 10.8. The molecule has 4 heterocycles. The summed E-state index contributed by atoms with van der Waals surface area (Å²) in [5, 5.41) is 7.20. The molecule has 282 valence electrons. The molecule has 3 aromatic carbocycles. The van der Waals surface area contributed by atoms with Crippen LogP contribution in [-0.2, 0) is 11.8 Å². The molecule has 5 aromatic rings. The van der Waals surface area contributed by atoms with Crippen molar-refractivity contribution >= 4 is 67.8 Å². The summed E-state index contributed by atoms with van der Waals surface area (Å²) in [5.41, 5.74) is 7.66. The van der Waals surface area contributed by atoms with E-state index in [1.807, 2.05) is 54.7 Å². The predicted octanol–water partition coefficient (Wildman–Crippen LogP) is 11.2. The molecule has 2 aromatic heterocycles. The van der Waals surface area contributed by atoms with Gasteiger partial charge in [-0.2, -0.15) is 0 Å². The van der Waals surface area contributed by atoms with Gasteiger partial charge in [0, 0.05) is 59.5 Å². The summed E-state index contributed by atoms with van der Waals surface area (Å²) in [6.45, 7) is 17.8. The maximum absolute atomic E-state index is 6.12. The Hall–Kier alpha value is -5.82.